The van der Waals surface area contributed by atoms with E-state index in [0.29, 0.717) is 0 Å². The summed E-state index contributed by atoms with van der Waals surface area (Å²) in [5.74, 6) is -0.871. The van der Waals surface area contributed by atoms with E-state index in [2.05, 4.69) is 5.32 Å². The number of amides is 1. The maximum atomic E-state index is 14.1. The molecule has 2 aromatic rings. The van der Waals surface area contributed by atoms with Gasteiger partial charge < -0.3 is 5.32 Å². The largest absolute Gasteiger partial charge is 0.435 e. The van der Waals surface area contributed by atoms with E-state index in [4.69, 9.17) is 28.4 Å². The van der Waals surface area contributed by atoms with Crippen LogP contribution in [0.2, 0.25) is 10.0 Å². The zero-order valence-electron chi connectivity index (χ0n) is 13.7. The van der Waals surface area contributed by atoms with Crippen LogP contribution in [0.5, 0.6) is 0 Å². The molecule has 3 N–H and O–H groups in total. The Bertz CT molecular complexity index is 878. The fourth-order valence-electron chi connectivity index (χ4n) is 2.26. The van der Waals surface area contributed by atoms with Gasteiger partial charge in [0.15, 0.2) is 0 Å². The van der Waals surface area contributed by atoms with E-state index >= 15 is 0 Å². The number of benzene rings is 2. The maximum Gasteiger partial charge on any atom is 0.435 e. The molecule has 2 aromatic carbocycles. The topological polar surface area (TPSA) is 61.4 Å². The summed E-state index contributed by atoms with van der Waals surface area (Å²) in [7, 11) is 0. The van der Waals surface area contributed by atoms with Gasteiger partial charge >= 0.3 is 18.0 Å². The van der Waals surface area contributed by atoms with E-state index < -0.39 is 45.2 Å². The highest BCUT2D eigenvalue weighted by atomic mass is 35.5. The van der Waals surface area contributed by atoms with Crippen LogP contribution < -0.4 is 10.8 Å². The summed E-state index contributed by atoms with van der Waals surface area (Å²) in [6.45, 7) is 0. The molecule has 2 rings (SSSR count). The van der Waals surface area contributed by atoms with Crippen LogP contribution in [0.4, 0.5) is 42.1 Å². The molecule has 0 fully saturated rings. The molecule has 0 saturated carbocycles. The quantitative estimate of drug-likeness (QED) is 0.365. The molecule has 0 unspecified atom stereocenters. The van der Waals surface area contributed by atoms with E-state index in [1.54, 1.807) is 0 Å². The van der Waals surface area contributed by atoms with Gasteiger partial charge in [-0.3, -0.25) is 15.5 Å². The second-order valence-corrected chi connectivity index (χ2v) is 6.43. The Morgan fingerprint density at radius 3 is 1.69 bits per heavy atom. The summed E-state index contributed by atoms with van der Waals surface area (Å²) in [5, 5.41) is 9.14. The van der Waals surface area contributed by atoms with Crippen molar-refractivity contribution in [1.82, 2.24) is 0 Å². The minimum absolute atomic E-state index is 0.00867. The Hall–Kier alpha value is -2.24. The minimum Gasteiger partial charge on any atom is -0.319 e. The molecule has 0 heterocycles. The van der Waals surface area contributed by atoms with Gasteiger partial charge in [0, 0.05) is 11.1 Å². The van der Waals surface area contributed by atoms with E-state index in [1.165, 1.54) is 24.3 Å². The Labute approximate surface area is 168 Å². The molecule has 0 aliphatic carbocycles. The third-order valence-electron chi connectivity index (χ3n) is 3.74. The number of alkyl halides is 7. The van der Waals surface area contributed by atoms with Crippen LogP contribution in [0.1, 0.15) is 15.9 Å². The predicted octanol–water partition coefficient (Wildman–Crippen LogP) is 6.34. The summed E-state index contributed by atoms with van der Waals surface area (Å²) in [5.41, 5.74) is -6.08. The van der Waals surface area contributed by atoms with Crippen LogP contribution in [-0.2, 0) is 5.67 Å². The molecule has 0 aliphatic heterocycles. The Morgan fingerprint density at radius 2 is 1.31 bits per heavy atom. The van der Waals surface area contributed by atoms with Crippen molar-refractivity contribution in [2.75, 3.05) is 10.8 Å². The standard InChI is InChI=1S/C16H9Cl2F7N2O2/c17-10-5-8(14(19,15(20,21)22)16(23,24)25)6-11(18)12(10)26-13(28)7-1-3-9(27-29)4-2-7/h1-6,27,29H,(H,26,28). The molecule has 0 atom stereocenters. The van der Waals surface area contributed by atoms with Crippen molar-refractivity contribution >= 4 is 40.5 Å². The number of carbonyl (C=O) groups excluding carboxylic acids is 1. The van der Waals surface area contributed by atoms with Crippen molar-refractivity contribution in [3.8, 4) is 0 Å². The van der Waals surface area contributed by atoms with Crippen LogP contribution >= 0.6 is 23.2 Å². The highest BCUT2D eigenvalue weighted by Gasteiger charge is 2.73. The molecule has 0 aliphatic rings. The number of hydrogen-bond donors (Lipinski definition) is 3. The Balaban J connectivity index is 2.44. The number of hydrogen-bond acceptors (Lipinski definition) is 3. The van der Waals surface area contributed by atoms with Gasteiger partial charge in [-0.25, -0.2) is 4.39 Å². The van der Waals surface area contributed by atoms with Gasteiger partial charge in [0.05, 0.1) is 21.4 Å². The van der Waals surface area contributed by atoms with E-state index in [-0.39, 0.29) is 23.4 Å². The van der Waals surface area contributed by atoms with E-state index in [9.17, 15) is 35.5 Å². The highest BCUT2D eigenvalue weighted by molar-refractivity contribution is 6.40. The van der Waals surface area contributed by atoms with Crippen LogP contribution in [0.3, 0.4) is 0 Å². The average Bonchev–Trinajstić information content (AvgIpc) is 2.61. The molecular formula is C16H9Cl2F7N2O2. The molecule has 4 nitrogen and oxygen atoms in total. The van der Waals surface area contributed by atoms with Crippen molar-refractivity contribution in [1.29, 1.82) is 0 Å². The number of rotatable bonds is 4. The van der Waals surface area contributed by atoms with Crippen molar-refractivity contribution in [2.24, 2.45) is 0 Å². The predicted molar refractivity (Wildman–Crippen MR) is 91.2 cm³/mol. The first-order chi connectivity index (χ1) is 13.2. The lowest BCUT2D eigenvalue weighted by molar-refractivity contribution is -0.348. The molecule has 1 amide bonds. The first kappa shape index (κ1) is 23.0. The lowest BCUT2D eigenvalue weighted by Crippen LogP contribution is -2.50. The van der Waals surface area contributed by atoms with Crippen LogP contribution in [0.15, 0.2) is 36.4 Å². The number of nitrogens with one attached hydrogen (secondary N) is 2. The zero-order chi connectivity index (χ0) is 22.2. The lowest BCUT2D eigenvalue weighted by Gasteiger charge is -2.30. The van der Waals surface area contributed by atoms with Gasteiger partial charge in [-0.05, 0) is 36.4 Å². The second kappa shape index (κ2) is 7.88. The first-order valence-electron chi connectivity index (χ1n) is 7.35. The summed E-state index contributed by atoms with van der Waals surface area (Å²) in [4.78, 5) is 12.2. The number of carbonyl (C=O) groups is 1. The molecule has 0 spiro atoms. The first-order valence-corrected chi connectivity index (χ1v) is 8.11. The summed E-state index contributed by atoms with van der Waals surface area (Å²) >= 11 is 11.4. The smallest absolute Gasteiger partial charge is 0.319 e. The van der Waals surface area contributed by atoms with Crippen molar-refractivity contribution in [2.45, 2.75) is 18.0 Å². The Kier molecular flexibility index (Phi) is 6.26. The Morgan fingerprint density at radius 1 is 0.862 bits per heavy atom. The molecule has 13 heteroatoms. The molecular weight excluding hydrogens is 456 g/mol. The van der Waals surface area contributed by atoms with Gasteiger partial charge in [-0.1, -0.05) is 23.2 Å². The normalized spacial score (nSPS) is 12.6. The number of halogens is 9. The van der Waals surface area contributed by atoms with Gasteiger partial charge in [0.25, 0.3) is 5.91 Å². The van der Waals surface area contributed by atoms with Crippen LogP contribution in [-0.4, -0.2) is 23.5 Å². The minimum atomic E-state index is -6.34. The summed E-state index contributed by atoms with van der Waals surface area (Å²) in [6, 6.07) is 5.25. The zero-order valence-corrected chi connectivity index (χ0v) is 15.2. The van der Waals surface area contributed by atoms with Crippen LogP contribution in [0, 0.1) is 0 Å². The fourth-order valence-corrected chi connectivity index (χ4v) is 2.84. The average molecular weight is 465 g/mol. The second-order valence-electron chi connectivity index (χ2n) is 5.61. The monoisotopic (exact) mass is 464 g/mol. The van der Waals surface area contributed by atoms with Gasteiger partial charge in [0.2, 0.25) is 0 Å². The maximum absolute atomic E-state index is 14.1. The molecule has 158 valence electrons. The summed E-state index contributed by atoms with van der Waals surface area (Å²) < 4.78 is 91.4. The third kappa shape index (κ3) is 4.36. The third-order valence-corrected chi connectivity index (χ3v) is 4.33. The molecule has 0 bridgehead atoms. The fraction of sp³-hybridized carbons (Fsp3) is 0.188. The van der Waals surface area contributed by atoms with Crippen molar-refractivity contribution in [3.05, 3.63) is 57.6 Å². The molecule has 0 aromatic heterocycles. The molecule has 29 heavy (non-hydrogen) atoms. The number of anilines is 2. The van der Waals surface area contributed by atoms with Gasteiger partial charge in [0.1, 0.15) is 0 Å². The van der Waals surface area contributed by atoms with Crippen molar-refractivity contribution < 1.29 is 40.7 Å². The summed E-state index contributed by atoms with van der Waals surface area (Å²) in [6.07, 6.45) is -12.7. The lowest BCUT2D eigenvalue weighted by atomic mass is 9.94. The van der Waals surface area contributed by atoms with Crippen molar-refractivity contribution in [3.63, 3.8) is 0 Å². The van der Waals surface area contributed by atoms with Gasteiger partial charge in [-0.2, -0.15) is 26.3 Å². The molecule has 0 saturated heterocycles. The van der Waals surface area contributed by atoms with Crippen LogP contribution in [0.25, 0.3) is 0 Å². The highest BCUT2D eigenvalue weighted by Crippen LogP contribution is 2.54. The van der Waals surface area contributed by atoms with Gasteiger partial charge in [-0.15, -0.1) is 0 Å². The SMILES string of the molecule is O=C(Nc1c(Cl)cc(C(F)(C(F)(F)F)C(F)(F)F)cc1Cl)c1ccc(NO)cc1. The molecule has 0 radical (unpaired) electrons. The van der Waals surface area contributed by atoms with E-state index in [1.807, 2.05) is 5.48 Å². The van der Waals surface area contributed by atoms with E-state index in [0.717, 1.165) is 0 Å².